The second kappa shape index (κ2) is 3.06. The number of aromatic nitrogens is 1. The summed E-state index contributed by atoms with van der Waals surface area (Å²) in [7, 11) is 0. The molecule has 3 nitrogen and oxygen atoms in total. The number of carbonyl (C=O) groups excluding carboxylic acids is 1. The molecule has 0 atom stereocenters. The third-order valence-corrected chi connectivity index (χ3v) is 1.90. The number of primary amides is 1. The minimum Gasteiger partial charge on any atom is -0.364 e. The number of nitrogens with two attached hydrogens (primary N) is 1. The van der Waals surface area contributed by atoms with Crippen molar-refractivity contribution < 1.29 is 9.18 Å². The Morgan fingerprint density at radius 1 is 1.29 bits per heavy atom. The maximum absolute atomic E-state index is 12.8. The Morgan fingerprint density at radius 2 is 2.07 bits per heavy atom. The van der Waals surface area contributed by atoms with Gasteiger partial charge in [-0.25, -0.2) is 9.37 Å². The van der Waals surface area contributed by atoms with Crippen LogP contribution in [0.5, 0.6) is 0 Å². The summed E-state index contributed by atoms with van der Waals surface area (Å²) in [5.41, 5.74) is 5.80. The van der Waals surface area contributed by atoms with E-state index in [0.717, 1.165) is 0 Å². The van der Waals surface area contributed by atoms with Crippen molar-refractivity contribution in [3.05, 3.63) is 41.8 Å². The molecule has 1 aromatic heterocycles. The number of halogens is 1. The Labute approximate surface area is 79.4 Å². The molecule has 0 aliphatic carbocycles. The van der Waals surface area contributed by atoms with E-state index in [-0.39, 0.29) is 11.5 Å². The van der Waals surface area contributed by atoms with Crippen LogP contribution in [-0.4, -0.2) is 10.9 Å². The molecule has 0 spiro atoms. The highest BCUT2D eigenvalue weighted by molar-refractivity contribution is 5.93. The quantitative estimate of drug-likeness (QED) is 0.740. The van der Waals surface area contributed by atoms with Gasteiger partial charge in [0.25, 0.3) is 5.91 Å². The van der Waals surface area contributed by atoms with Crippen LogP contribution in [0.4, 0.5) is 4.39 Å². The van der Waals surface area contributed by atoms with E-state index in [1.807, 2.05) is 0 Å². The maximum atomic E-state index is 12.8. The minimum atomic E-state index is -0.587. The van der Waals surface area contributed by atoms with Crippen LogP contribution in [0.15, 0.2) is 30.3 Å². The third kappa shape index (κ3) is 1.42. The van der Waals surface area contributed by atoms with Crippen molar-refractivity contribution in [2.24, 2.45) is 5.73 Å². The van der Waals surface area contributed by atoms with E-state index in [2.05, 4.69) is 4.98 Å². The van der Waals surface area contributed by atoms with Crippen LogP contribution in [0, 0.1) is 5.82 Å². The zero-order valence-electron chi connectivity index (χ0n) is 7.20. The number of benzene rings is 1. The molecule has 14 heavy (non-hydrogen) atoms. The Morgan fingerprint density at radius 3 is 2.79 bits per heavy atom. The Bertz CT molecular complexity index is 510. The number of rotatable bonds is 1. The number of nitrogens with zero attached hydrogens (tertiary/aromatic N) is 1. The second-order valence-electron chi connectivity index (χ2n) is 2.90. The van der Waals surface area contributed by atoms with Crippen LogP contribution < -0.4 is 5.73 Å². The van der Waals surface area contributed by atoms with Crippen molar-refractivity contribution in [3.8, 4) is 0 Å². The largest absolute Gasteiger partial charge is 0.364 e. The number of fused-ring (bicyclic) bond motifs is 1. The summed E-state index contributed by atoms with van der Waals surface area (Å²) in [6.45, 7) is 0. The Hall–Kier alpha value is -1.97. The summed E-state index contributed by atoms with van der Waals surface area (Å²) in [5, 5.41) is 0.648. The summed E-state index contributed by atoms with van der Waals surface area (Å²) in [6.07, 6.45) is 0. The second-order valence-corrected chi connectivity index (χ2v) is 2.90. The Kier molecular flexibility index (Phi) is 1.89. The molecular formula is C10H7FN2O. The van der Waals surface area contributed by atoms with E-state index in [9.17, 15) is 9.18 Å². The molecular weight excluding hydrogens is 183 g/mol. The zero-order valence-corrected chi connectivity index (χ0v) is 7.20. The van der Waals surface area contributed by atoms with Gasteiger partial charge in [0.1, 0.15) is 11.5 Å². The molecule has 0 unspecified atom stereocenters. The molecule has 0 radical (unpaired) electrons. The molecule has 0 saturated heterocycles. The molecule has 2 N–H and O–H groups in total. The van der Waals surface area contributed by atoms with Crippen molar-refractivity contribution in [1.82, 2.24) is 4.98 Å². The monoisotopic (exact) mass is 190 g/mol. The molecule has 1 amide bonds. The van der Waals surface area contributed by atoms with Crippen molar-refractivity contribution in [2.75, 3.05) is 0 Å². The van der Waals surface area contributed by atoms with Gasteiger partial charge in [-0.05, 0) is 24.3 Å². The molecule has 70 valence electrons. The SMILES string of the molecule is NC(=O)c1ccc2cc(F)ccc2n1. The van der Waals surface area contributed by atoms with Crippen LogP contribution in [0.25, 0.3) is 10.9 Å². The third-order valence-electron chi connectivity index (χ3n) is 1.90. The fourth-order valence-corrected chi connectivity index (χ4v) is 1.23. The van der Waals surface area contributed by atoms with Gasteiger partial charge < -0.3 is 5.73 Å². The van der Waals surface area contributed by atoms with E-state index >= 15 is 0 Å². The predicted molar refractivity (Wildman–Crippen MR) is 50.2 cm³/mol. The van der Waals surface area contributed by atoms with E-state index in [4.69, 9.17) is 5.73 Å². The van der Waals surface area contributed by atoms with Gasteiger partial charge in [-0.2, -0.15) is 0 Å². The van der Waals surface area contributed by atoms with E-state index < -0.39 is 5.91 Å². The van der Waals surface area contributed by atoms with Gasteiger partial charge in [-0.1, -0.05) is 6.07 Å². The van der Waals surface area contributed by atoms with Crippen LogP contribution in [-0.2, 0) is 0 Å². The molecule has 0 aliphatic heterocycles. The standard InChI is InChI=1S/C10H7FN2O/c11-7-2-4-8-6(5-7)1-3-9(13-8)10(12)14/h1-5H,(H2,12,14). The van der Waals surface area contributed by atoms with Crippen LogP contribution in [0.3, 0.4) is 0 Å². The van der Waals surface area contributed by atoms with Crippen molar-refractivity contribution in [2.45, 2.75) is 0 Å². The highest BCUT2D eigenvalue weighted by Crippen LogP contribution is 2.13. The summed E-state index contributed by atoms with van der Waals surface area (Å²) in [5.74, 6) is -0.914. The van der Waals surface area contributed by atoms with Gasteiger partial charge in [0.15, 0.2) is 0 Å². The van der Waals surface area contributed by atoms with E-state index in [1.54, 1.807) is 6.07 Å². The van der Waals surface area contributed by atoms with Crippen LogP contribution in [0.1, 0.15) is 10.5 Å². The molecule has 2 rings (SSSR count). The summed E-state index contributed by atoms with van der Waals surface area (Å²) < 4.78 is 12.8. The highest BCUT2D eigenvalue weighted by atomic mass is 19.1. The van der Waals surface area contributed by atoms with E-state index in [0.29, 0.717) is 10.9 Å². The predicted octanol–water partition coefficient (Wildman–Crippen LogP) is 1.47. The molecule has 0 saturated carbocycles. The summed E-state index contributed by atoms with van der Waals surface area (Å²) >= 11 is 0. The number of carbonyl (C=O) groups is 1. The first kappa shape index (κ1) is 8.62. The lowest BCUT2D eigenvalue weighted by Crippen LogP contribution is -2.12. The van der Waals surface area contributed by atoms with Crippen molar-refractivity contribution in [1.29, 1.82) is 0 Å². The van der Waals surface area contributed by atoms with Crippen molar-refractivity contribution >= 4 is 16.8 Å². The average molecular weight is 190 g/mol. The maximum Gasteiger partial charge on any atom is 0.267 e. The lowest BCUT2D eigenvalue weighted by atomic mass is 10.2. The topological polar surface area (TPSA) is 56.0 Å². The summed E-state index contributed by atoms with van der Waals surface area (Å²) in [6, 6.07) is 7.25. The molecule has 0 fully saturated rings. The first-order chi connectivity index (χ1) is 6.66. The van der Waals surface area contributed by atoms with Gasteiger partial charge in [0.05, 0.1) is 5.52 Å². The highest BCUT2D eigenvalue weighted by Gasteiger charge is 2.03. The number of pyridine rings is 1. The van der Waals surface area contributed by atoms with Gasteiger partial charge in [0, 0.05) is 5.39 Å². The zero-order chi connectivity index (χ0) is 10.1. The minimum absolute atomic E-state index is 0.184. The molecule has 1 aromatic carbocycles. The van der Waals surface area contributed by atoms with Crippen molar-refractivity contribution in [3.63, 3.8) is 0 Å². The van der Waals surface area contributed by atoms with Gasteiger partial charge in [-0.15, -0.1) is 0 Å². The number of amides is 1. The lowest BCUT2D eigenvalue weighted by Gasteiger charge is -1.99. The van der Waals surface area contributed by atoms with Crippen LogP contribution in [0.2, 0.25) is 0 Å². The number of hydrogen-bond donors (Lipinski definition) is 1. The fourth-order valence-electron chi connectivity index (χ4n) is 1.23. The van der Waals surface area contributed by atoms with Gasteiger partial charge in [-0.3, -0.25) is 4.79 Å². The molecule has 0 bridgehead atoms. The molecule has 2 aromatic rings. The summed E-state index contributed by atoms with van der Waals surface area (Å²) in [4.78, 5) is 14.8. The number of hydrogen-bond acceptors (Lipinski definition) is 2. The Balaban J connectivity index is 2.67. The fraction of sp³-hybridized carbons (Fsp3) is 0. The van der Waals surface area contributed by atoms with Gasteiger partial charge in [0.2, 0.25) is 0 Å². The molecule has 0 aliphatic rings. The first-order valence-corrected chi connectivity index (χ1v) is 4.03. The van der Waals surface area contributed by atoms with Crippen LogP contribution >= 0.6 is 0 Å². The lowest BCUT2D eigenvalue weighted by molar-refractivity contribution is 0.0996. The molecule has 4 heteroatoms. The van der Waals surface area contributed by atoms with Gasteiger partial charge >= 0.3 is 0 Å². The normalized spacial score (nSPS) is 10.4. The first-order valence-electron chi connectivity index (χ1n) is 4.03. The smallest absolute Gasteiger partial charge is 0.267 e. The molecule has 1 heterocycles. The van der Waals surface area contributed by atoms with E-state index in [1.165, 1.54) is 24.3 Å². The average Bonchev–Trinajstić information content (AvgIpc) is 2.16.